The highest BCUT2D eigenvalue weighted by Crippen LogP contribution is 2.23. The molecule has 4 nitrogen and oxygen atoms in total. The minimum Gasteiger partial charge on any atom is -0.481 e. The number of ether oxygens (including phenoxy) is 1. The smallest absolute Gasteiger partial charge is 0.280 e. The van der Waals surface area contributed by atoms with Gasteiger partial charge < -0.3 is 4.74 Å². The molecule has 26 heavy (non-hydrogen) atoms. The Morgan fingerprint density at radius 1 is 1.08 bits per heavy atom. The highest BCUT2D eigenvalue weighted by molar-refractivity contribution is 9.11. The van der Waals surface area contributed by atoms with Gasteiger partial charge in [-0.1, -0.05) is 42.5 Å². The molecule has 0 aliphatic rings. The average Bonchev–Trinajstić information content (AvgIpc) is 3.08. The van der Waals surface area contributed by atoms with Gasteiger partial charge in [0.1, 0.15) is 5.75 Å². The first-order valence-electron chi connectivity index (χ1n) is 8.02. The predicted octanol–water partition coefficient (Wildman–Crippen LogP) is 5.10. The molecule has 0 aliphatic carbocycles. The van der Waals surface area contributed by atoms with Gasteiger partial charge in [0.2, 0.25) is 0 Å². The van der Waals surface area contributed by atoms with Crippen molar-refractivity contribution in [2.24, 2.45) is 5.10 Å². The Kier molecular flexibility index (Phi) is 6.20. The van der Waals surface area contributed by atoms with E-state index < -0.39 is 6.10 Å². The number of benzene rings is 2. The minimum atomic E-state index is -0.648. The van der Waals surface area contributed by atoms with Crippen LogP contribution in [0.2, 0.25) is 0 Å². The highest BCUT2D eigenvalue weighted by atomic mass is 79.9. The number of halogens is 1. The normalized spacial score (nSPS) is 12.1. The third-order valence-corrected chi connectivity index (χ3v) is 5.16. The average molecular weight is 429 g/mol. The van der Waals surface area contributed by atoms with Gasteiger partial charge in [0.05, 0.1) is 10.0 Å². The predicted molar refractivity (Wildman–Crippen MR) is 110 cm³/mol. The van der Waals surface area contributed by atoms with Crippen molar-refractivity contribution >= 4 is 39.4 Å². The fraction of sp³-hybridized carbons (Fsp3) is 0.100. The number of hydrazone groups is 1. The maximum absolute atomic E-state index is 12.1. The van der Waals surface area contributed by atoms with Gasteiger partial charge in [0, 0.05) is 4.88 Å². The second kappa shape index (κ2) is 8.78. The molecule has 0 bridgehead atoms. The molecule has 2 aromatic carbocycles. The van der Waals surface area contributed by atoms with E-state index in [4.69, 9.17) is 4.74 Å². The molecule has 3 rings (SSSR count). The number of rotatable bonds is 6. The molecule has 1 amide bonds. The zero-order valence-corrected chi connectivity index (χ0v) is 16.5. The zero-order chi connectivity index (χ0) is 18.4. The van der Waals surface area contributed by atoms with Gasteiger partial charge in [-0.15, -0.1) is 11.3 Å². The first-order chi connectivity index (χ1) is 12.6. The van der Waals surface area contributed by atoms with Crippen molar-refractivity contribution in [2.75, 3.05) is 0 Å². The molecule has 0 aliphatic heterocycles. The zero-order valence-electron chi connectivity index (χ0n) is 14.1. The Hall–Kier alpha value is -2.44. The number of hydrogen-bond donors (Lipinski definition) is 1. The summed E-state index contributed by atoms with van der Waals surface area (Å²) >= 11 is 4.92. The molecule has 0 spiro atoms. The van der Waals surface area contributed by atoms with Crippen LogP contribution < -0.4 is 10.2 Å². The minimum absolute atomic E-state index is 0.302. The van der Waals surface area contributed by atoms with E-state index in [-0.39, 0.29) is 5.91 Å². The summed E-state index contributed by atoms with van der Waals surface area (Å²) in [5, 5.41) is 3.96. The van der Waals surface area contributed by atoms with Gasteiger partial charge in [-0.2, -0.15) is 5.10 Å². The van der Waals surface area contributed by atoms with Crippen LogP contribution in [0.15, 0.2) is 75.6 Å². The first-order valence-corrected chi connectivity index (χ1v) is 9.63. The lowest BCUT2D eigenvalue weighted by Crippen LogP contribution is -2.33. The summed E-state index contributed by atoms with van der Waals surface area (Å²) in [5.41, 5.74) is 4.73. The van der Waals surface area contributed by atoms with E-state index in [1.165, 1.54) is 11.3 Å². The Bertz CT molecular complexity index is 892. The summed E-state index contributed by atoms with van der Waals surface area (Å²) in [6.45, 7) is 1.69. The molecule has 6 heteroatoms. The number of carbonyl (C=O) groups excluding carboxylic acids is 1. The summed E-state index contributed by atoms with van der Waals surface area (Å²) in [6.07, 6.45) is 0.958. The van der Waals surface area contributed by atoms with Gasteiger partial charge in [-0.3, -0.25) is 4.79 Å². The van der Waals surface area contributed by atoms with Crippen molar-refractivity contribution in [2.45, 2.75) is 13.0 Å². The first kappa shape index (κ1) is 18.4. The van der Waals surface area contributed by atoms with Gasteiger partial charge in [-0.25, -0.2) is 5.43 Å². The molecule has 0 saturated heterocycles. The lowest BCUT2D eigenvalue weighted by Gasteiger charge is -2.13. The van der Waals surface area contributed by atoms with Crippen LogP contribution in [-0.4, -0.2) is 18.2 Å². The van der Waals surface area contributed by atoms with E-state index in [9.17, 15) is 4.79 Å². The monoisotopic (exact) mass is 428 g/mol. The second-order valence-electron chi connectivity index (χ2n) is 5.53. The van der Waals surface area contributed by atoms with Gasteiger partial charge >= 0.3 is 0 Å². The van der Waals surface area contributed by atoms with Crippen LogP contribution in [0, 0.1) is 0 Å². The van der Waals surface area contributed by atoms with Crippen molar-refractivity contribution < 1.29 is 9.53 Å². The summed E-state index contributed by atoms with van der Waals surface area (Å²) in [5.74, 6) is 0.336. The topological polar surface area (TPSA) is 50.7 Å². The quantitative estimate of drug-likeness (QED) is 0.438. The standard InChI is InChI=1S/C20H17BrN2O2S/c1-14(20(24)23-22-13-18-11-12-19(21)26-18)25-17-9-7-16(8-10-17)15-5-3-2-4-6-15/h2-14H,1H3,(H,23,24)/b22-13-/t14-/m0/s1. The largest absolute Gasteiger partial charge is 0.481 e. The Morgan fingerprint density at radius 3 is 2.42 bits per heavy atom. The lowest BCUT2D eigenvalue weighted by molar-refractivity contribution is -0.127. The van der Waals surface area contributed by atoms with Crippen molar-refractivity contribution in [3.8, 4) is 16.9 Å². The van der Waals surface area contributed by atoms with Gasteiger partial charge in [-0.05, 0) is 58.2 Å². The molecule has 3 aromatic rings. The number of thiophene rings is 1. The van der Waals surface area contributed by atoms with Crippen LogP contribution in [0.25, 0.3) is 11.1 Å². The van der Waals surface area contributed by atoms with E-state index in [0.29, 0.717) is 5.75 Å². The Balaban J connectivity index is 1.54. The Labute approximate surface area is 164 Å². The van der Waals surface area contributed by atoms with Crippen molar-refractivity contribution in [3.63, 3.8) is 0 Å². The molecule has 132 valence electrons. The third kappa shape index (κ3) is 5.03. The number of hydrogen-bond acceptors (Lipinski definition) is 4. The van der Waals surface area contributed by atoms with Crippen LogP contribution in [0.1, 0.15) is 11.8 Å². The number of amides is 1. The maximum atomic E-state index is 12.1. The SMILES string of the molecule is C[C@H](Oc1ccc(-c2ccccc2)cc1)C(=O)N/N=C\c1ccc(Br)s1. The summed E-state index contributed by atoms with van der Waals surface area (Å²) in [6, 6.07) is 21.6. The molecule has 1 aromatic heterocycles. The number of nitrogens with zero attached hydrogens (tertiary/aromatic N) is 1. The van der Waals surface area contributed by atoms with Crippen molar-refractivity contribution in [3.05, 3.63) is 75.4 Å². The van der Waals surface area contributed by atoms with E-state index in [0.717, 1.165) is 19.8 Å². The molecule has 0 unspecified atom stereocenters. The third-order valence-electron chi connectivity index (χ3n) is 3.60. The Morgan fingerprint density at radius 2 is 1.77 bits per heavy atom. The highest BCUT2D eigenvalue weighted by Gasteiger charge is 2.14. The van der Waals surface area contributed by atoms with Crippen LogP contribution in [-0.2, 0) is 4.79 Å². The summed E-state index contributed by atoms with van der Waals surface area (Å²) in [7, 11) is 0. The fourth-order valence-corrected chi connectivity index (χ4v) is 3.56. The van der Waals surface area contributed by atoms with Crippen LogP contribution in [0.3, 0.4) is 0 Å². The molecule has 1 N–H and O–H groups in total. The molecule has 0 fully saturated rings. The van der Waals surface area contributed by atoms with Crippen molar-refractivity contribution in [1.82, 2.24) is 5.43 Å². The van der Waals surface area contributed by atoms with Gasteiger partial charge in [0.25, 0.3) is 5.91 Å². The lowest BCUT2D eigenvalue weighted by atomic mass is 10.1. The van der Waals surface area contributed by atoms with Crippen LogP contribution in [0.4, 0.5) is 0 Å². The van der Waals surface area contributed by atoms with E-state index >= 15 is 0 Å². The second-order valence-corrected chi connectivity index (χ2v) is 8.02. The van der Waals surface area contributed by atoms with Crippen LogP contribution >= 0.6 is 27.3 Å². The molecule has 0 radical (unpaired) electrons. The van der Waals surface area contributed by atoms with E-state index in [1.807, 2.05) is 54.6 Å². The maximum Gasteiger partial charge on any atom is 0.280 e. The number of nitrogens with one attached hydrogen (secondary N) is 1. The summed E-state index contributed by atoms with van der Waals surface area (Å²) < 4.78 is 6.70. The van der Waals surface area contributed by atoms with Crippen LogP contribution in [0.5, 0.6) is 5.75 Å². The van der Waals surface area contributed by atoms with Crippen molar-refractivity contribution in [1.29, 1.82) is 0 Å². The molecule has 1 heterocycles. The fourth-order valence-electron chi connectivity index (χ4n) is 2.26. The molecule has 1 atom stereocenters. The summed E-state index contributed by atoms with van der Waals surface area (Å²) in [4.78, 5) is 13.0. The van der Waals surface area contributed by atoms with E-state index in [1.54, 1.807) is 13.1 Å². The van der Waals surface area contributed by atoms with Gasteiger partial charge in [0.15, 0.2) is 6.10 Å². The molecular formula is C20H17BrN2O2S. The van der Waals surface area contributed by atoms with E-state index in [2.05, 4.69) is 38.6 Å². The molecule has 0 saturated carbocycles. The molecular weight excluding hydrogens is 412 g/mol. The number of carbonyl (C=O) groups is 1.